The molecule has 0 spiro atoms. The molecule has 16 heteroatoms. The average Bonchev–Trinajstić information content (AvgIpc) is 2.99. The standard InChI is InChI=1S/C30H32F12O4/c1-2-3-4-5-6-7-8-9-18-44-21-12-10-20(11-13-21)24(43)46-23-16-14-22(15-17-23)45-19-26(33,34)28(37,38)30(41,42)29(39,40)27(35,36)25(31)32/h10-17,25H,2-9,18-19H2,1H3. The van der Waals surface area contributed by atoms with E-state index in [2.05, 4.69) is 11.7 Å². The maximum Gasteiger partial charge on any atom is 0.384 e. The number of alkyl halides is 12. The van der Waals surface area contributed by atoms with Gasteiger partial charge in [0, 0.05) is 0 Å². The van der Waals surface area contributed by atoms with Crippen molar-refractivity contribution in [2.24, 2.45) is 0 Å². The fourth-order valence-electron chi connectivity index (χ4n) is 3.92. The Labute approximate surface area is 257 Å². The van der Waals surface area contributed by atoms with Crippen molar-refractivity contribution in [2.75, 3.05) is 13.2 Å². The summed E-state index contributed by atoms with van der Waals surface area (Å²) in [5, 5.41) is 0. The number of rotatable bonds is 20. The molecule has 0 heterocycles. The predicted octanol–water partition coefficient (Wildman–Crippen LogP) is 10.2. The summed E-state index contributed by atoms with van der Waals surface area (Å²) < 4.78 is 175. The molecule has 0 aliphatic heterocycles. The molecule has 0 aliphatic carbocycles. The van der Waals surface area contributed by atoms with Crippen LogP contribution in [0.15, 0.2) is 48.5 Å². The van der Waals surface area contributed by atoms with Gasteiger partial charge in [-0.1, -0.05) is 51.9 Å². The van der Waals surface area contributed by atoms with Crippen LogP contribution in [0.5, 0.6) is 17.2 Å². The number of esters is 1. The number of carbonyl (C=O) groups is 1. The maximum atomic E-state index is 13.9. The highest BCUT2D eigenvalue weighted by Gasteiger charge is 2.87. The minimum Gasteiger partial charge on any atom is -0.494 e. The smallest absolute Gasteiger partial charge is 0.384 e. The lowest BCUT2D eigenvalue weighted by atomic mass is 9.94. The second-order valence-electron chi connectivity index (χ2n) is 10.3. The topological polar surface area (TPSA) is 44.8 Å². The summed E-state index contributed by atoms with van der Waals surface area (Å²) in [7, 11) is 0. The Bertz CT molecular complexity index is 1220. The molecule has 0 saturated heterocycles. The minimum atomic E-state index is -7.64. The molecule has 0 unspecified atom stereocenters. The summed E-state index contributed by atoms with van der Waals surface area (Å²) in [4.78, 5) is 12.4. The van der Waals surface area contributed by atoms with E-state index in [0.717, 1.165) is 43.5 Å². The van der Waals surface area contributed by atoms with Crippen molar-refractivity contribution in [1.82, 2.24) is 0 Å². The van der Waals surface area contributed by atoms with Gasteiger partial charge < -0.3 is 14.2 Å². The van der Waals surface area contributed by atoms with Gasteiger partial charge in [-0.2, -0.15) is 43.9 Å². The van der Waals surface area contributed by atoms with Crippen LogP contribution in [0.4, 0.5) is 52.7 Å². The number of unbranched alkanes of at least 4 members (excludes halogenated alkanes) is 7. The van der Waals surface area contributed by atoms with Crippen LogP contribution < -0.4 is 14.2 Å². The van der Waals surface area contributed by atoms with Crippen LogP contribution in [0, 0.1) is 0 Å². The SMILES string of the molecule is CCCCCCCCCCOc1ccc(C(=O)Oc2ccc(OCC(F)(F)C(F)(F)C(F)(F)C(F)(F)C(F)(F)C(F)F)cc2)cc1. The number of benzene rings is 2. The molecule has 260 valence electrons. The molecule has 0 aliphatic rings. The normalized spacial score (nSPS) is 13.2. The molecule has 46 heavy (non-hydrogen) atoms. The molecule has 4 nitrogen and oxygen atoms in total. The quantitative estimate of drug-likeness (QED) is 0.0603. The van der Waals surface area contributed by atoms with Crippen molar-refractivity contribution in [3.63, 3.8) is 0 Å². The van der Waals surface area contributed by atoms with E-state index in [1.54, 1.807) is 0 Å². The maximum absolute atomic E-state index is 13.9. The van der Waals surface area contributed by atoms with E-state index in [1.807, 2.05) is 0 Å². The van der Waals surface area contributed by atoms with Crippen molar-refractivity contribution in [3.8, 4) is 17.2 Å². The number of hydrogen-bond donors (Lipinski definition) is 0. The van der Waals surface area contributed by atoms with E-state index >= 15 is 0 Å². The Morgan fingerprint density at radius 2 is 1.07 bits per heavy atom. The molecule has 2 aromatic rings. The summed E-state index contributed by atoms with van der Waals surface area (Å²) in [5.74, 6) is -37.2. The van der Waals surface area contributed by atoms with Gasteiger partial charge in [0.1, 0.15) is 17.2 Å². The highest BCUT2D eigenvalue weighted by atomic mass is 19.4. The van der Waals surface area contributed by atoms with Crippen LogP contribution in [0.2, 0.25) is 0 Å². The molecule has 2 aromatic carbocycles. The van der Waals surface area contributed by atoms with E-state index in [1.165, 1.54) is 56.4 Å². The molecule has 0 bridgehead atoms. The molecule has 2 rings (SSSR count). The molecule has 0 saturated carbocycles. The molecule has 0 aromatic heterocycles. The van der Waals surface area contributed by atoms with Gasteiger partial charge in [0.2, 0.25) is 0 Å². The average molecular weight is 685 g/mol. The lowest BCUT2D eigenvalue weighted by Gasteiger charge is -2.39. The van der Waals surface area contributed by atoms with Gasteiger partial charge in [-0.15, -0.1) is 0 Å². The zero-order valence-corrected chi connectivity index (χ0v) is 24.4. The first-order valence-corrected chi connectivity index (χ1v) is 14.2. The summed E-state index contributed by atoms with van der Waals surface area (Å²) in [6.45, 7) is -0.110. The first-order chi connectivity index (χ1) is 21.3. The van der Waals surface area contributed by atoms with Crippen LogP contribution in [-0.4, -0.2) is 55.2 Å². The van der Waals surface area contributed by atoms with E-state index < -0.39 is 54.4 Å². The molecule has 0 radical (unpaired) electrons. The van der Waals surface area contributed by atoms with Crippen LogP contribution in [0.25, 0.3) is 0 Å². The Hall–Kier alpha value is -3.33. The van der Waals surface area contributed by atoms with Gasteiger partial charge in [0.25, 0.3) is 0 Å². The Morgan fingerprint density at radius 3 is 1.59 bits per heavy atom. The third-order valence-electron chi connectivity index (χ3n) is 6.75. The summed E-state index contributed by atoms with van der Waals surface area (Å²) in [5.41, 5.74) is 0.0804. The Morgan fingerprint density at radius 1 is 0.609 bits per heavy atom. The Kier molecular flexibility index (Phi) is 13.5. The largest absolute Gasteiger partial charge is 0.494 e. The van der Waals surface area contributed by atoms with Crippen LogP contribution in [-0.2, 0) is 0 Å². The van der Waals surface area contributed by atoms with Crippen LogP contribution in [0.1, 0.15) is 68.6 Å². The fraction of sp³-hybridized carbons (Fsp3) is 0.567. The first-order valence-electron chi connectivity index (χ1n) is 14.2. The van der Waals surface area contributed by atoms with Crippen molar-refractivity contribution < 1.29 is 71.7 Å². The van der Waals surface area contributed by atoms with Crippen molar-refractivity contribution in [1.29, 1.82) is 0 Å². The number of carbonyl (C=O) groups excluding carboxylic acids is 1. The zero-order chi connectivity index (χ0) is 34.8. The third-order valence-corrected chi connectivity index (χ3v) is 6.75. The number of ether oxygens (including phenoxy) is 3. The second kappa shape index (κ2) is 16.0. The second-order valence-corrected chi connectivity index (χ2v) is 10.3. The van der Waals surface area contributed by atoms with E-state index in [9.17, 15) is 57.5 Å². The molecule has 0 amide bonds. The van der Waals surface area contributed by atoms with Crippen molar-refractivity contribution in [3.05, 3.63) is 54.1 Å². The first kappa shape index (κ1) is 38.9. The lowest BCUT2D eigenvalue weighted by Crippen LogP contribution is -2.69. The molecule has 0 fully saturated rings. The van der Waals surface area contributed by atoms with Crippen LogP contribution in [0.3, 0.4) is 0 Å². The zero-order valence-electron chi connectivity index (χ0n) is 24.4. The Balaban J connectivity index is 1.90. The molecule has 0 atom stereocenters. The van der Waals surface area contributed by atoms with Crippen LogP contribution >= 0.6 is 0 Å². The predicted molar refractivity (Wildman–Crippen MR) is 142 cm³/mol. The van der Waals surface area contributed by atoms with Gasteiger partial charge in [-0.05, 0) is 55.0 Å². The third kappa shape index (κ3) is 9.14. The van der Waals surface area contributed by atoms with Gasteiger partial charge >= 0.3 is 42.0 Å². The highest BCUT2D eigenvalue weighted by Crippen LogP contribution is 2.58. The van der Waals surface area contributed by atoms with Gasteiger partial charge in [-0.3, -0.25) is 0 Å². The molecular formula is C30H32F12O4. The monoisotopic (exact) mass is 684 g/mol. The lowest BCUT2D eigenvalue weighted by molar-refractivity contribution is -0.414. The van der Waals surface area contributed by atoms with E-state index in [4.69, 9.17) is 9.47 Å². The van der Waals surface area contributed by atoms with E-state index in [-0.39, 0.29) is 11.3 Å². The number of hydrogen-bond acceptors (Lipinski definition) is 4. The molecule has 0 N–H and O–H groups in total. The van der Waals surface area contributed by atoms with Crippen molar-refractivity contribution in [2.45, 2.75) is 94.3 Å². The van der Waals surface area contributed by atoms with E-state index in [0.29, 0.717) is 12.4 Å². The van der Waals surface area contributed by atoms with Gasteiger partial charge in [0.15, 0.2) is 6.61 Å². The van der Waals surface area contributed by atoms with Crippen molar-refractivity contribution >= 4 is 5.97 Å². The summed E-state index contributed by atoms with van der Waals surface area (Å²) in [6.07, 6.45) is 3.46. The summed E-state index contributed by atoms with van der Waals surface area (Å²) in [6, 6.07) is 9.19. The molecular weight excluding hydrogens is 652 g/mol. The highest BCUT2D eigenvalue weighted by molar-refractivity contribution is 5.91. The fourth-order valence-corrected chi connectivity index (χ4v) is 3.92. The number of halogens is 12. The summed E-state index contributed by atoms with van der Waals surface area (Å²) >= 11 is 0. The van der Waals surface area contributed by atoms with Gasteiger partial charge in [-0.25, -0.2) is 13.6 Å². The van der Waals surface area contributed by atoms with Gasteiger partial charge in [0.05, 0.1) is 12.2 Å². The minimum absolute atomic E-state index is 0.0804.